The summed E-state index contributed by atoms with van der Waals surface area (Å²) in [6.45, 7) is 2.32. The van der Waals surface area contributed by atoms with Crippen molar-refractivity contribution in [1.29, 1.82) is 0 Å². The summed E-state index contributed by atoms with van der Waals surface area (Å²) in [5, 5.41) is 4.53. The summed E-state index contributed by atoms with van der Waals surface area (Å²) < 4.78 is 0. The molecule has 2 aliphatic rings. The quantitative estimate of drug-likeness (QED) is 0.518. The lowest BCUT2D eigenvalue weighted by atomic mass is 10.2. The van der Waals surface area contributed by atoms with E-state index in [0.717, 1.165) is 18.4 Å². The zero-order valence-electron chi connectivity index (χ0n) is 7.26. The van der Waals surface area contributed by atoms with E-state index in [9.17, 15) is 0 Å². The summed E-state index contributed by atoms with van der Waals surface area (Å²) in [7, 11) is 0. The third-order valence-electron chi connectivity index (χ3n) is 2.71. The Bertz CT molecular complexity index is 100. The Kier molecular flexibility index (Phi) is 2.47. The predicted octanol–water partition coefficient (Wildman–Crippen LogP) is 2.19. The lowest BCUT2D eigenvalue weighted by molar-refractivity contribution is 0.566. The largest absolute Gasteiger partial charge is 0.242 e. The maximum atomic E-state index is 4.53. The lowest BCUT2D eigenvalue weighted by Gasteiger charge is -1.99. The van der Waals surface area contributed by atoms with Gasteiger partial charge in [-0.2, -0.15) is 0 Å². The van der Waals surface area contributed by atoms with Gasteiger partial charge in [0, 0.05) is 13.1 Å². The number of hydrogen-bond donors (Lipinski definition) is 0. The van der Waals surface area contributed by atoms with Crippen molar-refractivity contribution in [1.82, 2.24) is 5.32 Å². The molecule has 2 saturated carbocycles. The molecule has 0 aromatic carbocycles. The molecule has 0 aromatic rings. The van der Waals surface area contributed by atoms with Crippen molar-refractivity contribution in [3.63, 3.8) is 0 Å². The molecule has 0 heterocycles. The topological polar surface area (TPSA) is 14.1 Å². The second kappa shape index (κ2) is 3.57. The van der Waals surface area contributed by atoms with Gasteiger partial charge in [-0.3, -0.25) is 0 Å². The first kappa shape index (κ1) is 7.60. The minimum absolute atomic E-state index is 0.996. The van der Waals surface area contributed by atoms with Crippen molar-refractivity contribution in [3.8, 4) is 0 Å². The van der Waals surface area contributed by atoms with Gasteiger partial charge in [-0.25, -0.2) is 5.32 Å². The first-order chi connectivity index (χ1) is 5.45. The molecule has 0 N–H and O–H groups in total. The van der Waals surface area contributed by atoms with Crippen LogP contribution < -0.4 is 5.32 Å². The SMILES string of the molecule is C(C[N]CC1CC1)CC1CC1. The third kappa shape index (κ3) is 3.24. The van der Waals surface area contributed by atoms with Gasteiger partial charge in [-0.1, -0.05) is 12.8 Å². The van der Waals surface area contributed by atoms with E-state index in [0.29, 0.717) is 0 Å². The molecule has 0 saturated heterocycles. The first-order valence-electron chi connectivity index (χ1n) is 5.08. The zero-order chi connectivity index (χ0) is 7.52. The molecular weight excluding hydrogens is 134 g/mol. The van der Waals surface area contributed by atoms with Gasteiger partial charge in [0.15, 0.2) is 0 Å². The Morgan fingerprint density at radius 1 is 1.00 bits per heavy atom. The highest BCUT2D eigenvalue weighted by molar-refractivity contribution is 4.76. The van der Waals surface area contributed by atoms with Gasteiger partial charge in [0.1, 0.15) is 0 Å². The average Bonchev–Trinajstić information content (AvgIpc) is 2.83. The molecule has 2 aliphatic carbocycles. The molecule has 0 unspecified atom stereocenters. The fraction of sp³-hybridized carbons (Fsp3) is 1.00. The highest BCUT2D eigenvalue weighted by Crippen LogP contribution is 2.33. The van der Waals surface area contributed by atoms with Crippen molar-refractivity contribution in [2.24, 2.45) is 11.8 Å². The summed E-state index contributed by atoms with van der Waals surface area (Å²) >= 11 is 0. The average molecular weight is 152 g/mol. The molecule has 1 heteroatoms. The monoisotopic (exact) mass is 152 g/mol. The standard InChI is InChI=1S/C10H18N/c1(2-9-3-4-9)7-11-8-10-5-6-10/h9-10H,1-8H2. The maximum absolute atomic E-state index is 4.53. The molecular formula is C10H18N. The van der Waals surface area contributed by atoms with Gasteiger partial charge in [0.25, 0.3) is 0 Å². The van der Waals surface area contributed by atoms with Gasteiger partial charge in [-0.15, -0.1) is 0 Å². The van der Waals surface area contributed by atoms with Crippen LogP contribution in [-0.2, 0) is 0 Å². The van der Waals surface area contributed by atoms with Crippen LogP contribution in [0.25, 0.3) is 0 Å². The Hall–Kier alpha value is -0.0400. The van der Waals surface area contributed by atoms with Gasteiger partial charge >= 0.3 is 0 Å². The molecule has 11 heavy (non-hydrogen) atoms. The van der Waals surface area contributed by atoms with Crippen molar-refractivity contribution >= 4 is 0 Å². The smallest absolute Gasteiger partial charge is 0.0161 e. The minimum Gasteiger partial charge on any atom is -0.242 e. The molecule has 0 aliphatic heterocycles. The Labute approximate surface area is 69.6 Å². The van der Waals surface area contributed by atoms with Crippen molar-refractivity contribution in [2.45, 2.75) is 38.5 Å². The molecule has 1 nitrogen and oxygen atoms in total. The van der Waals surface area contributed by atoms with E-state index in [1.807, 2.05) is 0 Å². The van der Waals surface area contributed by atoms with Gasteiger partial charge in [0.05, 0.1) is 0 Å². The summed E-state index contributed by atoms with van der Waals surface area (Å²) in [5.41, 5.74) is 0. The van der Waals surface area contributed by atoms with Crippen LogP contribution in [0.3, 0.4) is 0 Å². The van der Waals surface area contributed by atoms with Crippen LogP contribution in [-0.4, -0.2) is 13.1 Å². The molecule has 2 fully saturated rings. The van der Waals surface area contributed by atoms with Crippen LogP contribution in [0.2, 0.25) is 0 Å². The molecule has 0 aromatic heterocycles. The second-order valence-electron chi connectivity index (χ2n) is 4.16. The molecule has 1 radical (unpaired) electrons. The molecule has 63 valence electrons. The molecule has 0 atom stereocenters. The van der Waals surface area contributed by atoms with Crippen LogP contribution in [0, 0.1) is 11.8 Å². The van der Waals surface area contributed by atoms with Crippen LogP contribution in [0.15, 0.2) is 0 Å². The van der Waals surface area contributed by atoms with Gasteiger partial charge < -0.3 is 0 Å². The summed E-state index contributed by atoms with van der Waals surface area (Å²) in [6, 6.07) is 0. The van der Waals surface area contributed by atoms with Crippen LogP contribution >= 0.6 is 0 Å². The third-order valence-corrected chi connectivity index (χ3v) is 2.71. The zero-order valence-corrected chi connectivity index (χ0v) is 7.26. The number of rotatable bonds is 6. The van der Waals surface area contributed by atoms with E-state index in [-0.39, 0.29) is 0 Å². The second-order valence-corrected chi connectivity index (χ2v) is 4.16. The Balaban J connectivity index is 1.35. The van der Waals surface area contributed by atoms with E-state index in [4.69, 9.17) is 0 Å². The molecule has 0 bridgehead atoms. The van der Waals surface area contributed by atoms with E-state index in [1.165, 1.54) is 45.1 Å². The highest BCUT2D eigenvalue weighted by Gasteiger charge is 2.22. The van der Waals surface area contributed by atoms with E-state index < -0.39 is 0 Å². The molecule has 2 rings (SSSR count). The maximum Gasteiger partial charge on any atom is 0.0161 e. The van der Waals surface area contributed by atoms with Crippen LogP contribution in [0.5, 0.6) is 0 Å². The number of nitrogens with zero attached hydrogens (tertiary/aromatic N) is 1. The van der Waals surface area contributed by atoms with E-state index >= 15 is 0 Å². The van der Waals surface area contributed by atoms with Crippen molar-refractivity contribution in [2.75, 3.05) is 13.1 Å². The van der Waals surface area contributed by atoms with E-state index in [2.05, 4.69) is 5.32 Å². The Morgan fingerprint density at radius 2 is 1.73 bits per heavy atom. The van der Waals surface area contributed by atoms with Gasteiger partial charge in [-0.05, 0) is 37.5 Å². The fourth-order valence-electron chi connectivity index (χ4n) is 1.47. The summed E-state index contributed by atoms with van der Waals surface area (Å²) in [5.74, 6) is 2.10. The van der Waals surface area contributed by atoms with Crippen LogP contribution in [0.4, 0.5) is 0 Å². The van der Waals surface area contributed by atoms with Crippen molar-refractivity contribution in [3.05, 3.63) is 0 Å². The highest BCUT2D eigenvalue weighted by atomic mass is 14.9. The fourth-order valence-corrected chi connectivity index (χ4v) is 1.47. The first-order valence-corrected chi connectivity index (χ1v) is 5.08. The Morgan fingerprint density at radius 3 is 2.36 bits per heavy atom. The molecule has 0 spiro atoms. The van der Waals surface area contributed by atoms with Crippen molar-refractivity contribution < 1.29 is 0 Å². The molecule has 0 amide bonds. The lowest BCUT2D eigenvalue weighted by Crippen LogP contribution is -2.09. The van der Waals surface area contributed by atoms with E-state index in [1.54, 1.807) is 0 Å². The number of hydrogen-bond acceptors (Lipinski definition) is 0. The minimum atomic E-state index is 0.996. The summed E-state index contributed by atoms with van der Waals surface area (Å²) in [6.07, 6.45) is 8.72. The predicted molar refractivity (Wildman–Crippen MR) is 46.6 cm³/mol. The van der Waals surface area contributed by atoms with Gasteiger partial charge in [0.2, 0.25) is 0 Å². The summed E-state index contributed by atoms with van der Waals surface area (Å²) in [4.78, 5) is 0. The van der Waals surface area contributed by atoms with Crippen LogP contribution in [0.1, 0.15) is 38.5 Å². The normalized spacial score (nSPS) is 24.0.